The highest BCUT2D eigenvalue weighted by Gasteiger charge is 2.32. The van der Waals surface area contributed by atoms with E-state index in [4.69, 9.17) is 0 Å². The predicted molar refractivity (Wildman–Crippen MR) is 71.4 cm³/mol. The van der Waals surface area contributed by atoms with Crippen molar-refractivity contribution in [2.75, 3.05) is 0 Å². The third-order valence-corrected chi connectivity index (χ3v) is 5.33. The van der Waals surface area contributed by atoms with E-state index in [9.17, 15) is 8.42 Å². The van der Waals surface area contributed by atoms with E-state index in [2.05, 4.69) is 6.92 Å². The number of fused-ring (bicyclic) bond motifs is 3. The molecule has 2 aromatic carbocycles. The van der Waals surface area contributed by atoms with Crippen LogP contribution in [0.2, 0.25) is 0 Å². The van der Waals surface area contributed by atoms with Gasteiger partial charge in [-0.15, -0.1) is 0 Å². The first kappa shape index (κ1) is 11.5. The molecule has 1 heterocycles. The molecule has 1 aliphatic rings. The van der Waals surface area contributed by atoms with Crippen LogP contribution in [0.5, 0.6) is 0 Å². The van der Waals surface area contributed by atoms with Gasteiger partial charge in [0.1, 0.15) is 0 Å². The molecule has 0 saturated heterocycles. The highest BCUT2D eigenvalue weighted by molar-refractivity contribution is 7.92. The first-order valence-corrected chi connectivity index (χ1v) is 7.51. The van der Waals surface area contributed by atoms with Crippen LogP contribution in [0.1, 0.15) is 18.1 Å². The minimum Gasteiger partial charge on any atom is -0.218 e. The molecule has 2 aromatic rings. The lowest BCUT2D eigenvalue weighted by Crippen LogP contribution is -1.96. The Morgan fingerprint density at radius 1 is 0.944 bits per heavy atom. The summed E-state index contributed by atoms with van der Waals surface area (Å²) in [6, 6.07) is 11.2. The molecule has 0 bridgehead atoms. The summed E-state index contributed by atoms with van der Waals surface area (Å²) in [6.45, 7) is 4.05. The Morgan fingerprint density at radius 3 is 2.22 bits per heavy atom. The van der Waals surface area contributed by atoms with E-state index in [0.29, 0.717) is 9.79 Å². The first-order chi connectivity index (χ1) is 8.54. The normalized spacial score (nSPS) is 15.2. The molecule has 0 aromatic heterocycles. The van der Waals surface area contributed by atoms with Gasteiger partial charge in [-0.2, -0.15) is 0 Å². The van der Waals surface area contributed by atoms with Gasteiger partial charge in [0.2, 0.25) is 9.84 Å². The van der Waals surface area contributed by atoms with Gasteiger partial charge in [0, 0.05) is 11.1 Å². The molecule has 0 spiro atoms. The van der Waals surface area contributed by atoms with Crippen molar-refractivity contribution in [3.05, 3.63) is 47.5 Å². The van der Waals surface area contributed by atoms with Crippen molar-refractivity contribution in [1.82, 2.24) is 0 Å². The van der Waals surface area contributed by atoms with Gasteiger partial charge in [0.25, 0.3) is 0 Å². The Labute approximate surface area is 107 Å². The van der Waals surface area contributed by atoms with E-state index in [-0.39, 0.29) is 0 Å². The summed E-state index contributed by atoms with van der Waals surface area (Å²) in [5.74, 6) is 0. The Bertz CT molecular complexity index is 743. The Morgan fingerprint density at radius 2 is 1.56 bits per heavy atom. The smallest absolute Gasteiger partial charge is 0.207 e. The molecular weight excluding hydrogens is 244 g/mol. The highest BCUT2D eigenvalue weighted by atomic mass is 32.2. The maximum atomic E-state index is 12.4. The quantitative estimate of drug-likeness (QED) is 0.670. The van der Waals surface area contributed by atoms with Gasteiger partial charge in [-0.05, 0) is 37.1 Å². The summed E-state index contributed by atoms with van der Waals surface area (Å²) in [4.78, 5) is 0.886. The zero-order valence-electron chi connectivity index (χ0n) is 10.4. The molecule has 0 fully saturated rings. The monoisotopic (exact) mass is 258 g/mol. The average molecular weight is 258 g/mol. The highest BCUT2D eigenvalue weighted by Crippen LogP contribution is 2.43. The second-order valence-electron chi connectivity index (χ2n) is 4.69. The molecule has 1 aliphatic heterocycles. The van der Waals surface area contributed by atoms with Gasteiger partial charge in [-0.1, -0.05) is 30.7 Å². The molecule has 2 nitrogen and oxygen atoms in total. The summed E-state index contributed by atoms with van der Waals surface area (Å²) in [6.07, 6.45) is 0.911. The van der Waals surface area contributed by atoms with Gasteiger partial charge in [-0.3, -0.25) is 0 Å². The zero-order valence-corrected chi connectivity index (χ0v) is 11.2. The molecule has 3 heteroatoms. The lowest BCUT2D eigenvalue weighted by Gasteiger charge is -2.02. The Balaban J connectivity index is 2.41. The lowest BCUT2D eigenvalue weighted by atomic mass is 10.0. The molecule has 18 heavy (non-hydrogen) atoms. The molecule has 0 amide bonds. The van der Waals surface area contributed by atoms with Crippen molar-refractivity contribution >= 4 is 9.84 Å². The number of benzene rings is 2. The summed E-state index contributed by atoms with van der Waals surface area (Å²) >= 11 is 0. The molecule has 0 aliphatic carbocycles. The van der Waals surface area contributed by atoms with Crippen LogP contribution in [-0.4, -0.2) is 8.42 Å². The second kappa shape index (κ2) is 3.69. The van der Waals surface area contributed by atoms with Crippen LogP contribution in [0, 0.1) is 6.92 Å². The van der Waals surface area contributed by atoms with E-state index in [0.717, 1.165) is 23.1 Å². The fourth-order valence-electron chi connectivity index (χ4n) is 2.45. The first-order valence-electron chi connectivity index (χ1n) is 6.03. The number of rotatable bonds is 1. The standard InChI is InChI=1S/C15H14O2S/c1-3-11-5-7-15-13(9-11)12-8-10(2)4-6-14(12)18(15,16)17/h4-9H,3H2,1-2H3. The summed E-state index contributed by atoms with van der Waals surface area (Å²) < 4.78 is 24.8. The minimum atomic E-state index is -3.31. The molecule has 0 radical (unpaired) electrons. The third kappa shape index (κ3) is 1.44. The van der Waals surface area contributed by atoms with Crippen molar-refractivity contribution in [3.8, 4) is 11.1 Å². The van der Waals surface area contributed by atoms with Crippen LogP contribution in [0.3, 0.4) is 0 Å². The lowest BCUT2D eigenvalue weighted by molar-refractivity contribution is 0.598. The van der Waals surface area contributed by atoms with E-state index in [1.54, 1.807) is 12.1 Å². The van der Waals surface area contributed by atoms with E-state index in [1.807, 2.05) is 31.2 Å². The number of hydrogen-bond donors (Lipinski definition) is 0. The van der Waals surface area contributed by atoms with Crippen molar-refractivity contribution in [3.63, 3.8) is 0 Å². The van der Waals surface area contributed by atoms with Gasteiger partial charge in [0.05, 0.1) is 9.79 Å². The number of hydrogen-bond acceptors (Lipinski definition) is 2. The maximum absolute atomic E-state index is 12.4. The van der Waals surface area contributed by atoms with E-state index >= 15 is 0 Å². The SMILES string of the molecule is CCc1ccc2c(c1)-c1cc(C)ccc1S2(=O)=O. The average Bonchev–Trinajstić information content (AvgIpc) is 2.58. The van der Waals surface area contributed by atoms with Crippen LogP contribution in [0.15, 0.2) is 46.2 Å². The van der Waals surface area contributed by atoms with Gasteiger partial charge in [-0.25, -0.2) is 8.42 Å². The predicted octanol–water partition coefficient (Wildman–Crippen LogP) is 3.37. The largest absolute Gasteiger partial charge is 0.218 e. The topological polar surface area (TPSA) is 34.1 Å². The van der Waals surface area contributed by atoms with Crippen molar-refractivity contribution in [2.24, 2.45) is 0 Å². The molecular formula is C15H14O2S. The molecule has 92 valence electrons. The second-order valence-corrected chi connectivity index (χ2v) is 6.57. The molecule has 3 rings (SSSR count). The Kier molecular flexibility index (Phi) is 2.35. The maximum Gasteiger partial charge on any atom is 0.207 e. The summed E-state index contributed by atoms with van der Waals surface area (Å²) in [5, 5.41) is 0. The number of aryl methyl sites for hydroxylation is 2. The summed E-state index contributed by atoms with van der Waals surface area (Å²) in [5.41, 5.74) is 3.95. The molecule has 0 atom stereocenters. The van der Waals surface area contributed by atoms with Crippen molar-refractivity contribution in [1.29, 1.82) is 0 Å². The Hall–Kier alpha value is -1.61. The van der Waals surface area contributed by atoms with Gasteiger partial charge < -0.3 is 0 Å². The molecule has 0 unspecified atom stereocenters. The number of sulfone groups is 1. The molecule has 0 saturated carbocycles. The van der Waals surface area contributed by atoms with E-state index < -0.39 is 9.84 Å². The van der Waals surface area contributed by atoms with Crippen LogP contribution >= 0.6 is 0 Å². The van der Waals surface area contributed by atoms with E-state index in [1.165, 1.54) is 5.56 Å². The van der Waals surface area contributed by atoms with Crippen molar-refractivity contribution < 1.29 is 8.42 Å². The van der Waals surface area contributed by atoms with Gasteiger partial charge in [0.15, 0.2) is 0 Å². The minimum absolute atomic E-state index is 0.441. The molecule has 0 N–H and O–H groups in total. The van der Waals surface area contributed by atoms with Gasteiger partial charge >= 0.3 is 0 Å². The van der Waals surface area contributed by atoms with Crippen molar-refractivity contribution in [2.45, 2.75) is 30.1 Å². The fourth-order valence-corrected chi connectivity index (χ4v) is 4.10. The third-order valence-electron chi connectivity index (χ3n) is 3.46. The fraction of sp³-hybridized carbons (Fsp3) is 0.200. The van der Waals surface area contributed by atoms with Crippen LogP contribution in [0.4, 0.5) is 0 Å². The summed E-state index contributed by atoms with van der Waals surface area (Å²) in [7, 11) is -3.31. The van der Waals surface area contributed by atoms with Crippen LogP contribution in [-0.2, 0) is 16.3 Å². The zero-order chi connectivity index (χ0) is 12.9. The van der Waals surface area contributed by atoms with Crippen LogP contribution in [0.25, 0.3) is 11.1 Å². The van der Waals surface area contributed by atoms with Crippen LogP contribution < -0.4 is 0 Å².